The van der Waals surface area contributed by atoms with Gasteiger partial charge < -0.3 is 14.8 Å². The van der Waals surface area contributed by atoms with E-state index >= 15 is 0 Å². The quantitative estimate of drug-likeness (QED) is 0.479. The van der Waals surface area contributed by atoms with Gasteiger partial charge in [0.2, 0.25) is 5.91 Å². The summed E-state index contributed by atoms with van der Waals surface area (Å²) >= 11 is 0. The number of hydrogen-bond donors (Lipinski definition) is 1. The van der Waals surface area contributed by atoms with Crippen molar-refractivity contribution >= 4 is 11.9 Å². The van der Waals surface area contributed by atoms with Gasteiger partial charge in [-0.05, 0) is 50.5 Å². The molecule has 2 atom stereocenters. The molecule has 172 valence electrons. The molecule has 0 spiro atoms. The van der Waals surface area contributed by atoms with Gasteiger partial charge in [0.05, 0.1) is 24.3 Å². The van der Waals surface area contributed by atoms with Crippen molar-refractivity contribution in [2.45, 2.75) is 52.4 Å². The van der Waals surface area contributed by atoms with Crippen molar-refractivity contribution in [3.8, 4) is 0 Å². The standard InChI is InChI=1S/C26H34N2O4/c1-19-4-6-22(7-5-19)10-13-25(29)27-14-15-31-26(30)24-11-8-23(9-12-24)18-28-16-20(2)32-21(3)17-28/h4-9,11-12,20-21H,10,13-18H2,1-3H3,(H,27,29). The van der Waals surface area contributed by atoms with Gasteiger partial charge in [-0.1, -0.05) is 42.0 Å². The molecule has 1 aliphatic heterocycles. The van der Waals surface area contributed by atoms with E-state index in [1.165, 1.54) is 5.56 Å². The zero-order valence-electron chi connectivity index (χ0n) is 19.3. The van der Waals surface area contributed by atoms with Gasteiger partial charge in [0.15, 0.2) is 0 Å². The van der Waals surface area contributed by atoms with E-state index in [1.807, 2.05) is 43.3 Å². The summed E-state index contributed by atoms with van der Waals surface area (Å²) in [5, 5.41) is 2.80. The Bertz CT molecular complexity index is 870. The average Bonchev–Trinajstić information content (AvgIpc) is 2.76. The maximum absolute atomic E-state index is 12.3. The van der Waals surface area contributed by atoms with Crippen molar-refractivity contribution in [2.75, 3.05) is 26.2 Å². The highest BCUT2D eigenvalue weighted by Crippen LogP contribution is 2.15. The van der Waals surface area contributed by atoms with Crippen LogP contribution in [0.4, 0.5) is 0 Å². The second-order valence-electron chi connectivity index (χ2n) is 8.62. The van der Waals surface area contributed by atoms with Gasteiger partial charge in [0, 0.05) is 26.1 Å². The molecule has 1 fully saturated rings. The maximum Gasteiger partial charge on any atom is 0.338 e. The van der Waals surface area contributed by atoms with Gasteiger partial charge in [0.1, 0.15) is 6.61 Å². The Morgan fingerprint density at radius 3 is 2.28 bits per heavy atom. The molecule has 0 saturated carbocycles. The fourth-order valence-electron chi connectivity index (χ4n) is 3.94. The molecule has 0 radical (unpaired) electrons. The van der Waals surface area contributed by atoms with Crippen molar-refractivity contribution in [3.63, 3.8) is 0 Å². The zero-order chi connectivity index (χ0) is 22.9. The summed E-state index contributed by atoms with van der Waals surface area (Å²) in [6, 6.07) is 15.7. The van der Waals surface area contributed by atoms with Crippen molar-refractivity contribution in [1.82, 2.24) is 10.2 Å². The molecule has 2 aromatic rings. The number of nitrogens with one attached hydrogen (secondary N) is 1. The molecule has 2 aromatic carbocycles. The molecule has 1 aliphatic rings. The van der Waals surface area contributed by atoms with E-state index in [0.717, 1.165) is 30.8 Å². The van der Waals surface area contributed by atoms with Crippen molar-refractivity contribution in [3.05, 3.63) is 70.8 Å². The maximum atomic E-state index is 12.3. The molecule has 1 N–H and O–H groups in total. The number of carbonyl (C=O) groups excluding carboxylic acids is 2. The Hall–Kier alpha value is -2.70. The molecular formula is C26H34N2O4. The van der Waals surface area contributed by atoms with E-state index < -0.39 is 0 Å². The van der Waals surface area contributed by atoms with Crippen LogP contribution in [-0.2, 0) is 27.2 Å². The predicted octanol–water partition coefficient (Wildman–Crippen LogP) is 3.51. The number of esters is 1. The molecular weight excluding hydrogens is 404 g/mol. The van der Waals surface area contributed by atoms with Crippen LogP contribution in [0.5, 0.6) is 0 Å². The Morgan fingerprint density at radius 2 is 1.62 bits per heavy atom. The third-order valence-corrected chi connectivity index (χ3v) is 5.51. The Balaban J connectivity index is 1.34. The van der Waals surface area contributed by atoms with Crippen LogP contribution in [0.25, 0.3) is 0 Å². The number of nitrogens with zero attached hydrogens (tertiary/aromatic N) is 1. The smallest absolute Gasteiger partial charge is 0.338 e. The number of rotatable bonds is 9. The molecule has 6 nitrogen and oxygen atoms in total. The number of ether oxygens (including phenoxy) is 2. The first-order valence-corrected chi connectivity index (χ1v) is 11.3. The molecule has 3 rings (SSSR count). The Kier molecular flexibility index (Phi) is 8.82. The van der Waals surface area contributed by atoms with Crippen LogP contribution >= 0.6 is 0 Å². The SMILES string of the molecule is Cc1ccc(CCC(=O)NCCOC(=O)c2ccc(CN3CC(C)OC(C)C3)cc2)cc1. The first-order valence-electron chi connectivity index (χ1n) is 11.3. The Labute approximate surface area is 190 Å². The summed E-state index contributed by atoms with van der Waals surface area (Å²) < 4.78 is 11.1. The van der Waals surface area contributed by atoms with Gasteiger partial charge in [0.25, 0.3) is 0 Å². The van der Waals surface area contributed by atoms with Crippen LogP contribution in [0.3, 0.4) is 0 Å². The van der Waals surface area contributed by atoms with Gasteiger partial charge in [-0.3, -0.25) is 9.69 Å². The first kappa shape index (κ1) is 24.0. The minimum atomic E-state index is -0.376. The van der Waals surface area contributed by atoms with Gasteiger partial charge >= 0.3 is 5.97 Å². The summed E-state index contributed by atoms with van der Waals surface area (Å²) in [5.74, 6) is -0.420. The van der Waals surface area contributed by atoms with E-state index in [-0.39, 0.29) is 30.7 Å². The van der Waals surface area contributed by atoms with Crippen molar-refractivity contribution < 1.29 is 19.1 Å². The summed E-state index contributed by atoms with van der Waals surface area (Å²) in [4.78, 5) is 26.6. The lowest BCUT2D eigenvalue weighted by Crippen LogP contribution is -2.44. The average molecular weight is 439 g/mol. The summed E-state index contributed by atoms with van der Waals surface area (Å²) in [6.45, 7) is 9.34. The minimum Gasteiger partial charge on any atom is -0.460 e. The highest BCUT2D eigenvalue weighted by molar-refractivity contribution is 5.89. The summed E-state index contributed by atoms with van der Waals surface area (Å²) in [5.41, 5.74) is 4.01. The van der Waals surface area contributed by atoms with Crippen LogP contribution in [0.15, 0.2) is 48.5 Å². The lowest BCUT2D eigenvalue weighted by atomic mass is 10.1. The minimum absolute atomic E-state index is 0.0438. The second kappa shape index (κ2) is 11.8. The van der Waals surface area contributed by atoms with Crippen LogP contribution in [0.1, 0.15) is 47.3 Å². The van der Waals surface area contributed by atoms with Crippen LogP contribution in [0.2, 0.25) is 0 Å². The van der Waals surface area contributed by atoms with Gasteiger partial charge in [-0.15, -0.1) is 0 Å². The van der Waals surface area contributed by atoms with E-state index in [0.29, 0.717) is 24.9 Å². The predicted molar refractivity (Wildman–Crippen MR) is 125 cm³/mol. The third-order valence-electron chi connectivity index (χ3n) is 5.51. The summed E-state index contributed by atoms with van der Waals surface area (Å²) in [6.07, 6.45) is 1.58. The molecule has 0 aliphatic carbocycles. The van der Waals surface area contributed by atoms with Crippen molar-refractivity contribution in [1.29, 1.82) is 0 Å². The van der Waals surface area contributed by atoms with E-state index in [1.54, 1.807) is 12.1 Å². The lowest BCUT2D eigenvalue weighted by Gasteiger charge is -2.35. The van der Waals surface area contributed by atoms with Gasteiger partial charge in [-0.2, -0.15) is 0 Å². The van der Waals surface area contributed by atoms with Crippen LogP contribution in [0, 0.1) is 6.92 Å². The van der Waals surface area contributed by atoms with Crippen molar-refractivity contribution in [2.24, 2.45) is 0 Å². The fourth-order valence-corrected chi connectivity index (χ4v) is 3.94. The molecule has 0 aromatic heterocycles. The highest BCUT2D eigenvalue weighted by Gasteiger charge is 2.22. The molecule has 32 heavy (non-hydrogen) atoms. The number of amides is 1. The van der Waals surface area contributed by atoms with E-state index in [4.69, 9.17) is 9.47 Å². The molecule has 1 heterocycles. The largest absolute Gasteiger partial charge is 0.460 e. The fraction of sp³-hybridized carbons (Fsp3) is 0.462. The number of hydrogen-bond acceptors (Lipinski definition) is 5. The topological polar surface area (TPSA) is 67.9 Å². The second-order valence-corrected chi connectivity index (χ2v) is 8.62. The number of aryl methyl sites for hydroxylation is 2. The lowest BCUT2D eigenvalue weighted by molar-refractivity contribution is -0.121. The highest BCUT2D eigenvalue weighted by atomic mass is 16.5. The zero-order valence-corrected chi connectivity index (χ0v) is 19.3. The molecule has 1 saturated heterocycles. The molecule has 2 unspecified atom stereocenters. The third kappa shape index (κ3) is 7.77. The Morgan fingerprint density at radius 1 is 1.00 bits per heavy atom. The van der Waals surface area contributed by atoms with Crippen LogP contribution in [-0.4, -0.2) is 55.2 Å². The monoisotopic (exact) mass is 438 g/mol. The molecule has 6 heteroatoms. The van der Waals surface area contributed by atoms with Gasteiger partial charge in [-0.25, -0.2) is 4.79 Å². The normalized spacial score (nSPS) is 18.8. The number of morpholine rings is 1. The number of carbonyl (C=O) groups is 2. The van der Waals surface area contributed by atoms with E-state index in [9.17, 15) is 9.59 Å². The molecule has 1 amide bonds. The molecule has 0 bridgehead atoms. The van der Waals surface area contributed by atoms with E-state index in [2.05, 4.69) is 24.1 Å². The first-order chi connectivity index (χ1) is 15.4. The van der Waals surface area contributed by atoms with Crippen LogP contribution < -0.4 is 5.32 Å². The number of benzene rings is 2. The summed E-state index contributed by atoms with van der Waals surface area (Å²) in [7, 11) is 0.